The highest BCUT2D eigenvalue weighted by Crippen LogP contribution is 2.30. The van der Waals surface area contributed by atoms with E-state index < -0.39 is 0 Å². The van der Waals surface area contributed by atoms with Gasteiger partial charge < -0.3 is 15.0 Å². The number of nitrogens with zero attached hydrogens (tertiary/aromatic N) is 1. The quantitative estimate of drug-likeness (QED) is 0.857. The van der Waals surface area contributed by atoms with Gasteiger partial charge in [0.2, 0.25) is 11.1 Å². The molecular formula is C17H23ClN2O3. The number of hydrogen-bond acceptors (Lipinski definition) is 4. The summed E-state index contributed by atoms with van der Waals surface area (Å²) in [7, 11) is 0. The van der Waals surface area contributed by atoms with Gasteiger partial charge in [-0.15, -0.1) is 0 Å². The number of amides is 1. The summed E-state index contributed by atoms with van der Waals surface area (Å²) in [5.74, 6) is 0.352. The van der Waals surface area contributed by atoms with E-state index >= 15 is 0 Å². The molecule has 0 bridgehead atoms. The minimum absolute atomic E-state index is 0.0767. The van der Waals surface area contributed by atoms with Crippen LogP contribution in [-0.4, -0.2) is 48.4 Å². The number of ether oxygens (including phenoxy) is 1. The maximum Gasteiger partial charge on any atom is 0.224 e. The molecule has 1 atom stereocenters. The van der Waals surface area contributed by atoms with Crippen molar-refractivity contribution in [3.63, 3.8) is 0 Å². The minimum atomic E-state index is -0.157. The molecule has 126 valence electrons. The van der Waals surface area contributed by atoms with Crippen LogP contribution in [0.25, 0.3) is 0 Å². The predicted molar refractivity (Wildman–Crippen MR) is 90.5 cm³/mol. The van der Waals surface area contributed by atoms with Crippen LogP contribution in [0.5, 0.6) is 0 Å². The second-order valence-corrected chi connectivity index (χ2v) is 6.16. The van der Waals surface area contributed by atoms with E-state index in [1.54, 1.807) is 6.92 Å². The van der Waals surface area contributed by atoms with Crippen LogP contribution in [0.2, 0.25) is 0 Å². The number of carbonyl (C=O) groups excluding carboxylic acids is 2. The van der Waals surface area contributed by atoms with Gasteiger partial charge in [0.15, 0.2) is 0 Å². The highest BCUT2D eigenvalue weighted by molar-refractivity contribution is 6.64. The first-order valence-corrected chi connectivity index (χ1v) is 8.29. The maximum absolute atomic E-state index is 11.3. The molecule has 23 heavy (non-hydrogen) atoms. The Kier molecular flexibility index (Phi) is 6.86. The molecule has 2 fully saturated rings. The lowest BCUT2D eigenvalue weighted by molar-refractivity contribution is -0.135. The minimum Gasteiger partial charge on any atom is -0.382 e. The number of carbonyl (C=O) groups is 2. The number of para-hydroxylation sites is 1. The first-order valence-electron chi connectivity index (χ1n) is 7.91. The average molecular weight is 339 g/mol. The summed E-state index contributed by atoms with van der Waals surface area (Å²) in [5, 5.41) is 3.15. The molecular weight excluding hydrogens is 316 g/mol. The predicted octanol–water partition coefficient (Wildman–Crippen LogP) is 2.51. The third-order valence-corrected chi connectivity index (χ3v) is 4.10. The molecule has 1 saturated carbocycles. The topological polar surface area (TPSA) is 58.6 Å². The van der Waals surface area contributed by atoms with Crippen molar-refractivity contribution in [2.45, 2.75) is 25.9 Å². The summed E-state index contributed by atoms with van der Waals surface area (Å²) in [6.45, 7) is 4.34. The normalized spacial score (nSPS) is 20.3. The van der Waals surface area contributed by atoms with Gasteiger partial charge in [0.05, 0.1) is 12.7 Å². The van der Waals surface area contributed by atoms with Crippen LogP contribution in [0.1, 0.15) is 19.8 Å². The van der Waals surface area contributed by atoms with Crippen molar-refractivity contribution in [2.75, 3.05) is 31.6 Å². The lowest BCUT2D eigenvalue weighted by Crippen LogP contribution is -2.47. The second kappa shape index (κ2) is 8.89. The van der Waals surface area contributed by atoms with Crippen molar-refractivity contribution in [1.29, 1.82) is 0 Å². The molecule has 1 aromatic carbocycles. The molecule has 1 aliphatic heterocycles. The molecule has 1 unspecified atom stereocenters. The van der Waals surface area contributed by atoms with Gasteiger partial charge in [0.25, 0.3) is 0 Å². The third kappa shape index (κ3) is 6.59. The molecule has 1 aliphatic carbocycles. The number of morpholine rings is 1. The number of halogens is 1. The molecule has 5 nitrogen and oxygen atoms in total. The van der Waals surface area contributed by atoms with Gasteiger partial charge in [-0.25, -0.2) is 0 Å². The fourth-order valence-corrected chi connectivity index (χ4v) is 2.45. The van der Waals surface area contributed by atoms with Crippen molar-refractivity contribution < 1.29 is 14.3 Å². The van der Waals surface area contributed by atoms with Crippen LogP contribution in [-0.2, 0) is 14.3 Å². The lowest BCUT2D eigenvalue weighted by Gasteiger charge is -2.32. The second-order valence-electron chi connectivity index (χ2n) is 5.78. The Morgan fingerprint density at radius 2 is 2.00 bits per heavy atom. The molecule has 1 saturated heterocycles. The van der Waals surface area contributed by atoms with E-state index in [9.17, 15) is 9.59 Å². The summed E-state index contributed by atoms with van der Waals surface area (Å²) >= 11 is 5.04. The Balaban J connectivity index is 0.000000268. The number of nitrogens with one attached hydrogen (secondary N) is 1. The Bertz CT molecular complexity index is 520. The Morgan fingerprint density at radius 1 is 1.30 bits per heavy atom. The van der Waals surface area contributed by atoms with Crippen molar-refractivity contribution in [2.24, 2.45) is 5.92 Å². The van der Waals surface area contributed by atoms with Crippen LogP contribution in [0.3, 0.4) is 0 Å². The van der Waals surface area contributed by atoms with Gasteiger partial charge in [-0.2, -0.15) is 0 Å². The first kappa shape index (κ1) is 17.8. The van der Waals surface area contributed by atoms with Crippen LogP contribution in [0.15, 0.2) is 30.3 Å². The third-order valence-electron chi connectivity index (χ3n) is 3.79. The van der Waals surface area contributed by atoms with Crippen LogP contribution in [0.4, 0.5) is 5.69 Å². The average Bonchev–Trinajstić information content (AvgIpc) is 3.40. The molecule has 1 N–H and O–H groups in total. The summed E-state index contributed by atoms with van der Waals surface area (Å²) in [5.41, 5.74) is 1.08. The number of hydrogen-bond donors (Lipinski definition) is 1. The number of rotatable bonds is 4. The summed E-state index contributed by atoms with van der Waals surface area (Å²) in [6.07, 6.45) is 2.11. The standard InChI is InChI=1S/C13H18N2O2.C4H5ClO/c1-11(16)15-7-8-17-13(10-15)9-14-12-5-3-2-4-6-12;5-4(6)3-1-2-3/h2-6,13-14H,7-10H2,1H3;3H,1-2H2. The Morgan fingerprint density at radius 3 is 2.52 bits per heavy atom. The lowest BCUT2D eigenvalue weighted by atomic mass is 10.2. The van der Waals surface area contributed by atoms with Crippen molar-refractivity contribution in [1.82, 2.24) is 4.90 Å². The molecule has 1 amide bonds. The highest BCUT2D eigenvalue weighted by atomic mass is 35.5. The van der Waals surface area contributed by atoms with E-state index in [4.69, 9.17) is 16.3 Å². The monoisotopic (exact) mass is 338 g/mol. The molecule has 1 aromatic rings. The molecule has 0 radical (unpaired) electrons. The molecule has 6 heteroatoms. The van der Waals surface area contributed by atoms with Crippen molar-refractivity contribution in [3.8, 4) is 0 Å². The van der Waals surface area contributed by atoms with E-state index in [2.05, 4.69) is 5.32 Å². The van der Waals surface area contributed by atoms with Crippen LogP contribution >= 0.6 is 11.6 Å². The Labute approximate surface area is 141 Å². The fraction of sp³-hybridized carbons (Fsp3) is 0.529. The zero-order valence-electron chi connectivity index (χ0n) is 13.3. The summed E-state index contributed by atoms with van der Waals surface area (Å²) in [6, 6.07) is 10.0. The summed E-state index contributed by atoms with van der Waals surface area (Å²) < 4.78 is 5.62. The van der Waals surface area contributed by atoms with E-state index in [0.717, 1.165) is 25.1 Å². The van der Waals surface area contributed by atoms with E-state index in [1.807, 2.05) is 35.2 Å². The van der Waals surface area contributed by atoms with Gasteiger partial charge in [0, 0.05) is 38.2 Å². The summed E-state index contributed by atoms with van der Waals surface area (Å²) in [4.78, 5) is 23.1. The molecule has 1 heterocycles. The van der Waals surface area contributed by atoms with Gasteiger partial charge in [-0.05, 0) is 36.6 Å². The molecule has 0 spiro atoms. The highest BCUT2D eigenvalue weighted by Gasteiger charge is 2.27. The molecule has 2 aliphatic rings. The van der Waals surface area contributed by atoms with Gasteiger partial charge >= 0.3 is 0 Å². The van der Waals surface area contributed by atoms with Crippen molar-refractivity contribution in [3.05, 3.63) is 30.3 Å². The maximum atomic E-state index is 11.3. The zero-order valence-corrected chi connectivity index (χ0v) is 14.1. The van der Waals surface area contributed by atoms with Gasteiger partial charge in [-0.1, -0.05) is 18.2 Å². The molecule has 0 aromatic heterocycles. The number of benzene rings is 1. The van der Waals surface area contributed by atoms with E-state index in [-0.39, 0.29) is 23.2 Å². The molecule has 3 rings (SSSR count). The van der Waals surface area contributed by atoms with Crippen LogP contribution in [0, 0.1) is 5.92 Å². The SMILES string of the molecule is CC(=O)N1CCOC(CNc2ccccc2)C1.O=C(Cl)C1CC1. The van der Waals surface area contributed by atoms with Crippen LogP contribution < -0.4 is 5.32 Å². The first-order chi connectivity index (χ1) is 11.1. The fourth-order valence-electron chi connectivity index (χ4n) is 2.23. The number of anilines is 1. The van der Waals surface area contributed by atoms with E-state index in [1.165, 1.54) is 0 Å². The van der Waals surface area contributed by atoms with Gasteiger partial charge in [0.1, 0.15) is 0 Å². The largest absolute Gasteiger partial charge is 0.382 e. The Hall–Kier alpha value is -1.59. The smallest absolute Gasteiger partial charge is 0.224 e. The van der Waals surface area contributed by atoms with Crippen molar-refractivity contribution >= 4 is 28.4 Å². The van der Waals surface area contributed by atoms with E-state index in [0.29, 0.717) is 19.7 Å². The zero-order chi connectivity index (χ0) is 16.7. The van der Waals surface area contributed by atoms with Gasteiger partial charge in [-0.3, -0.25) is 9.59 Å².